The van der Waals surface area contributed by atoms with Crippen molar-refractivity contribution in [3.63, 3.8) is 0 Å². The first-order chi connectivity index (χ1) is 9.49. The van der Waals surface area contributed by atoms with Gasteiger partial charge in [0, 0.05) is 10.6 Å². The van der Waals surface area contributed by atoms with Crippen molar-refractivity contribution in [3.8, 4) is 5.75 Å². The minimum atomic E-state index is -0.715. The SMILES string of the molecule is Nc1nonc1C(=O)NN=Cc1cc(Cl)cc(Cl)c1O. The Morgan fingerprint density at radius 2 is 2.20 bits per heavy atom. The first-order valence-corrected chi connectivity index (χ1v) is 5.84. The third kappa shape index (κ3) is 2.98. The Morgan fingerprint density at radius 1 is 1.45 bits per heavy atom. The molecule has 0 aliphatic rings. The summed E-state index contributed by atoms with van der Waals surface area (Å²) < 4.78 is 4.27. The number of phenolic OH excluding ortho intramolecular Hbond substituents is 1. The van der Waals surface area contributed by atoms with Crippen LogP contribution in [0.4, 0.5) is 5.82 Å². The fourth-order valence-electron chi connectivity index (χ4n) is 1.25. The van der Waals surface area contributed by atoms with Crippen molar-refractivity contribution in [1.29, 1.82) is 0 Å². The number of hydrogen-bond donors (Lipinski definition) is 3. The van der Waals surface area contributed by atoms with Gasteiger partial charge in [0.1, 0.15) is 5.75 Å². The molecule has 10 heteroatoms. The first kappa shape index (κ1) is 14.1. The van der Waals surface area contributed by atoms with Crippen LogP contribution in [-0.4, -0.2) is 27.5 Å². The Morgan fingerprint density at radius 3 is 2.85 bits per heavy atom. The fourth-order valence-corrected chi connectivity index (χ4v) is 1.76. The molecule has 0 fully saturated rings. The van der Waals surface area contributed by atoms with Crippen molar-refractivity contribution < 1.29 is 14.5 Å². The second kappa shape index (κ2) is 5.76. The molecular weight excluding hydrogens is 309 g/mol. The molecule has 0 aliphatic carbocycles. The fraction of sp³-hybridized carbons (Fsp3) is 0. The number of aromatic hydroxyl groups is 1. The van der Waals surface area contributed by atoms with Crippen LogP contribution in [0.1, 0.15) is 16.1 Å². The third-order valence-corrected chi connectivity index (χ3v) is 2.66. The normalized spacial score (nSPS) is 10.9. The zero-order valence-corrected chi connectivity index (χ0v) is 11.2. The van der Waals surface area contributed by atoms with E-state index in [1.54, 1.807) is 0 Å². The molecular formula is C10H7Cl2N5O3. The van der Waals surface area contributed by atoms with Gasteiger partial charge >= 0.3 is 0 Å². The maximum absolute atomic E-state index is 11.6. The molecule has 0 saturated heterocycles. The Balaban J connectivity index is 2.11. The van der Waals surface area contributed by atoms with E-state index in [-0.39, 0.29) is 27.8 Å². The number of benzene rings is 1. The number of aromatic nitrogens is 2. The predicted molar refractivity (Wildman–Crippen MR) is 71.9 cm³/mol. The number of nitrogens with zero attached hydrogens (tertiary/aromatic N) is 3. The molecule has 1 aromatic carbocycles. The van der Waals surface area contributed by atoms with Gasteiger partial charge in [-0.15, -0.1) is 0 Å². The van der Waals surface area contributed by atoms with Crippen LogP contribution in [0.3, 0.4) is 0 Å². The van der Waals surface area contributed by atoms with Crippen molar-refractivity contribution in [3.05, 3.63) is 33.4 Å². The van der Waals surface area contributed by atoms with Gasteiger partial charge in [-0.25, -0.2) is 10.1 Å². The van der Waals surface area contributed by atoms with Crippen molar-refractivity contribution in [1.82, 2.24) is 15.7 Å². The van der Waals surface area contributed by atoms with Crippen molar-refractivity contribution in [2.75, 3.05) is 5.73 Å². The molecule has 0 aliphatic heterocycles. The van der Waals surface area contributed by atoms with Crippen LogP contribution in [-0.2, 0) is 0 Å². The van der Waals surface area contributed by atoms with Crippen LogP contribution < -0.4 is 11.2 Å². The molecule has 8 nitrogen and oxygen atoms in total. The lowest BCUT2D eigenvalue weighted by Crippen LogP contribution is -2.19. The molecule has 1 heterocycles. The van der Waals surface area contributed by atoms with E-state index in [0.29, 0.717) is 5.02 Å². The standard InChI is InChI=1S/C10H7Cl2N5O3/c11-5-1-4(8(18)6(12)2-5)3-14-15-10(19)7-9(13)17-20-16-7/h1-3,18H,(H2,13,17)(H,15,19). The number of carbonyl (C=O) groups excluding carboxylic acids is 1. The molecule has 0 atom stereocenters. The molecule has 0 saturated carbocycles. The number of amides is 1. The minimum absolute atomic E-state index is 0.0650. The summed E-state index contributed by atoms with van der Waals surface area (Å²) in [5.41, 5.74) is 7.50. The number of nitrogens with two attached hydrogens (primary N) is 1. The number of rotatable bonds is 3. The van der Waals surface area contributed by atoms with Gasteiger partial charge in [0.2, 0.25) is 11.5 Å². The average molecular weight is 316 g/mol. The number of nitrogens with one attached hydrogen (secondary N) is 1. The maximum atomic E-state index is 11.6. The summed E-state index contributed by atoms with van der Waals surface area (Å²) in [6.07, 6.45) is 1.16. The molecule has 0 spiro atoms. The largest absolute Gasteiger partial charge is 0.506 e. The molecule has 0 unspecified atom stereocenters. The third-order valence-electron chi connectivity index (χ3n) is 2.16. The number of hydrazone groups is 1. The van der Waals surface area contributed by atoms with Crippen molar-refractivity contribution >= 4 is 41.1 Å². The lowest BCUT2D eigenvalue weighted by Gasteiger charge is -2.02. The lowest BCUT2D eigenvalue weighted by atomic mass is 10.2. The van der Waals surface area contributed by atoms with Crippen LogP contribution >= 0.6 is 23.2 Å². The lowest BCUT2D eigenvalue weighted by molar-refractivity contribution is 0.0946. The van der Waals surface area contributed by atoms with Gasteiger partial charge in [0.25, 0.3) is 5.91 Å². The zero-order chi connectivity index (χ0) is 14.7. The van der Waals surface area contributed by atoms with Crippen molar-refractivity contribution in [2.45, 2.75) is 0 Å². The first-order valence-electron chi connectivity index (χ1n) is 5.08. The van der Waals surface area contributed by atoms with Gasteiger partial charge in [-0.2, -0.15) is 5.10 Å². The van der Waals surface area contributed by atoms with Gasteiger partial charge in [0.15, 0.2) is 0 Å². The van der Waals surface area contributed by atoms with E-state index in [9.17, 15) is 9.90 Å². The van der Waals surface area contributed by atoms with E-state index in [4.69, 9.17) is 28.9 Å². The minimum Gasteiger partial charge on any atom is -0.506 e. The second-order valence-electron chi connectivity index (χ2n) is 3.52. The number of hydrogen-bond acceptors (Lipinski definition) is 7. The maximum Gasteiger partial charge on any atom is 0.297 e. The Labute approximate surface area is 122 Å². The summed E-state index contributed by atoms with van der Waals surface area (Å²) in [6, 6.07) is 2.79. The summed E-state index contributed by atoms with van der Waals surface area (Å²) in [5.74, 6) is -1.09. The summed E-state index contributed by atoms with van der Waals surface area (Å²) in [4.78, 5) is 11.6. The molecule has 0 radical (unpaired) electrons. The number of carbonyl (C=O) groups is 1. The van der Waals surface area contributed by atoms with Gasteiger partial charge in [-0.1, -0.05) is 23.2 Å². The van der Waals surface area contributed by atoms with Crippen LogP contribution in [0.5, 0.6) is 5.75 Å². The monoisotopic (exact) mass is 315 g/mol. The smallest absolute Gasteiger partial charge is 0.297 e. The molecule has 1 aromatic heterocycles. The van der Waals surface area contributed by atoms with E-state index < -0.39 is 5.91 Å². The van der Waals surface area contributed by atoms with Crippen LogP contribution in [0, 0.1) is 0 Å². The molecule has 0 bridgehead atoms. The number of halogens is 2. The van der Waals surface area contributed by atoms with E-state index in [1.165, 1.54) is 12.1 Å². The van der Waals surface area contributed by atoms with Crippen LogP contribution in [0.25, 0.3) is 0 Å². The number of phenols is 1. The molecule has 4 N–H and O–H groups in total. The molecule has 20 heavy (non-hydrogen) atoms. The van der Waals surface area contributed by atoms with Gasteiger partial charge in [0.05, 0.1) is 11.2 Å². The Hall–Kier alpha value is -2.32. The summed E-state index contributed by atoms with van der Waals surface area (Å²) in [6.45, 7) is 0. The molecule has 2 aromatic rings. The topological polar surface area (TPSA) is 127 Å². The summed E-state index contributed by atoms with van der Waals surface area (Å²) >= 11 is 11.5. The van der Waals surface area contributed by atoms with E-state index in [0.717, 1.165) is 6.21 Å². The van der Waals surface area contributed by atoms with Crippen molar-refractivity contribution in [2.24, 2.45) is 5.10 Å². The highest BCUT2D eigenvalue weighted by Gasteiger charge is 2.15. The van der Waals surface area contributed by atoms with Crippen LogP contribution in [0.15, 0.2) is 21.9 Å². The summed E-state index contributed by atoms with van der Waals surface area (Å²) in [5, 5.41) is 20.2. The Bertz CT molecular complexity index is 686. The van der Waals surface area contributed by atoms with E-state index in [2.05, 4.69) is 25.5 Å². The number of anilines is 1. The van der Waals surface area contributed by atoms with Gasteiger partial charge < -0.3 is 10.8 Å². The molecule has 1 amide bonds. The average Bonchev–Trinajstić information content (AvgIpc) is 2.81. The summed E-state index contributed by atoms with van der Waals surface area (Å²) in [7, 11) is 0. The molecule has 104 valence electrons. The highest BCUT2D eigenvalue weighted by atomic mass is 35.5. The highest BCUT2D eigenvalue weighted by molar-refractivity contribution is 6.36. The second-order valence-corrected chi connectivity index (χ2v) is 4.37. The van der Waals surface area contributed by atoms with E-state index >= 15 is 0 Å². The van der Waals surface area contributed by atoms with Crippen LogP contribution in [0.2, 0.25) is 10.0 Å². The zero-order valence-electron chi connectivity index (χ0n) is 9.67. The predicted octanol–water partition coefficient (Wildman–Crippen LogP) is 1.43. The number of nitrogen functional groups attached to an aromatic ring is 1. The highest BCUT2D eigenvalue weighted by Crippen LogP contribution is 2.29. The van der Waals surface area contributed by atoms with Gasteiger partial charge in [-0.3, -0.25) is 4.79 Å². The quantitative estimate of drug-likeness (QED) is 0.580. The molecule has 2 rings (SSSR count). The Kier molecular flexibility index (Phi) is 4.06. The van der Waals surface area contributed by atoms with E-state index in [1.807, 2.05) is 0 Å². The van der Waals surface area contributed by atoms with Gasteiger partial charge in [-0.05, 0) is 22.4 Å².